The molecule has 1 amide bonds. The number of hydrogen-bond donors (Lipinski definition) is 2. The number of aromatic hydroxyl groups is 1. The van der Waals surface area contributed by atoms with E-state index in [0.717, 1.165) is 38.4 Å². The van der Waals surface area contributed by atoms with Crippen molar-refractivity contribution < 1.29 is 37.7 Å². The molecule has 2 aliphatic heterocycles. The Kier molecular flexibility index (Phi) is 7.68. The van der Waals surface area contributed by atoms with Gasteiger partial charge < -0.3 is 24.7 Å². The van der Waals surface area contributed by atoms with Gasteiger partial charge in [0.15, 0.2) is 0 Å². The second-order valence-corrected chi connectivity index (χ2v) is 6.70. The van der Waals surface area contributed by atoms with Crippen LogP contribution in [0.5, 0.6) is 5.75 Å². The fraction of sp³-hybridized carbons (Fsp3) is 0.556. The highest BCUT2D eigenvalue weighted by atomic mass is 19.4. The minimum atomic E-state index is -5.08. The van der Waals surface area contributed by atoms with Crippen LogP contribution >= 0.6 is 0 Å². The van der Waals surface area contributed by atoms with Crippen LogP contribution in [0, 0.1) is 0 Å². The number of carbonyl (C=O) groups is 2. The Labute approximate surface area is 166 Å². The third-order valence-electron chi connectivity index (χ3n) is 4.73. The predicted octanol–water partition coefficient (Wildman–Crippen LogP) is 1.00. The summed E-state index contributed by atoms with van der Waals surface area (Å²) in [6, 6.07) is 7.07. The summed E-state index contributed by atoms with van der Waals surface area (Å²) < 4.78 is 37.2. The zero-order chi connectivity index (χ0) is 21.6. The molecule has 0 bridgehead atoms. The molecule has 3 rings (SSSR count). The standard InChI is InChI=1S/C16H23N3O3.C2HF3O2/c1-17-10-11-22-12-15(17)16(21)19-8-6-18(7-9-19)13-2-4-14(20)5-3-13;3-2(4,5)1(6)7/h2-5,15,20H,6-12H2,1H3;(H,6,7). The first-order valence-electron chi connectivity index (χ1n) is 9.00. The SMILES string of the molecule is CN1CCOCC1C(=O)N1CCN(c2ccc(O)cc2)CC1.O=C(O)C(F)(F)F. The predicted molar refractivity (Wildman–Crippen MR) is 97.8 cm³/mol. The van der Waals surface area contributed by atoms with Gasteiger partial charge in [0.2, 0.25) is 5.91 Å². The quantitative estimate of drug-likeness (QED) is 0.739. The maximum absolute atomic E-state index is 12.6. The number of carbonyl (C=O) groups excluding carboxylic acids is 1. The number of morpholine rings is 1. The van der Waals surface area contributed by atoms with Crippen LogP contribution < -0.4 is 4.90 Å². The number of phenolic OH excluding ortho intramolecular Hbond substituents is 1. The van der Waals surface area contributed by atoms with Gasteiger partial charge in [0.1, 0.15) is 11.8 Å². The van der Waals surface area contributed by atoms with Gasteiger partial charge in [-0.3, -0.25) is 9.69 Å². The van der Waals surface area contributed by atoms with Gasteiger partial charge in [0.25, 0.3) is 0 Å². The minimum Gasteiger partial charge on any atom is -0.508 e. The molecule has 8 nitrogen and oxygen atoms in total. The fourth-order valence-electron chi connectivity index (χ4n) is 3.01. The van der Waals surface area contributed by atoms with Crippen LogP contribution in [0.15, 0.2) is 24.3 Å². The lowest BCUT2D eigenvalue weighted by Crippen LogP contribution is -2.57. The van der Waals surface area contributed by atoms with Gasteiger partial charge in [-0.25, -0.2) is 4.79 Å². The summed E-state index contributed by atoms with van der Waals surface area (Å²) in [6.45, 7) is 5.09. The first-order chi connectivity index (χ1) is 13.6. The van der Waals surface area contributed by atoms with Crippen LogP contribution in [-0.2, 0) is 14.3 Å². The van der Waals surface area contributed by atoms with Gasteiger partial charge in [-0.2, -0.15) is 13.2 Å². The molecule has 0 saturated carbocycles. The van der Waals surface area contributed by atoms with Gasteiger partial charge in [0, 0.05) is 38.4 Å². The first kappa shape index (κ1) is 22.8. The molecular formula is C18H24F3N3O5. The summed E-state index contributed by atoms with van der Waals surface area (Å²) in [5.74, 6) is -2.31. The maximum atomic E-state index is 12.6. The summed E-state index contributed by atoms with van der Waals surface area (Å²) in [4.78, 5) is 27.8. The summed E-state index contributed by atoms with van der Waals surface area (Å²) >= 11 is 0. The molecule has 2 fully saturated rings. The Morgan fingerprint density at radius 2 is 1.62 bits per heavy atom. The molecule has 2 aliphatic rings. The monoisotopic (exact) mass is 419 g/mol. The van der Waals surface area contributed by atoms with Gasteiger partial charge >= 0.3 is 12.1 Å². The number of hydrogen-bond acceptors (Lipinski definition) is 6. The maximum Gasteiger partial charge on any atom is 0.490 e. The van der Waals surface area contributed by atoms with Gasteiger partial charge in [-0.15, -0.1) is 0 Å². The highest BCUT2D eigenvalue weighted by Crippen LogP contribution is 2.20. The number of rotatable bonds is 2. The number of carboxylic acids is 1. The molecule has 162 valence electrons. The van der Waals surface area contributed by atoms with E-state index in [1.54, 1.807) is 12.1 Å². The molecule has 0 radical (unpaired) electrons. The highest BCUT2D eigenvalue weighted by Gasteiger charge is 2.38. The zero-order valence-corrected chi connectivity index (χ0v) is 15.9. The molecule has 1 aromatic rings. The molecule has 1 atom stereocenters. The Morgan fingerprint density at radius 1 is 1.07 bits per heavy atom. The van der Waals surface area contributed by atoms with Crippen molar-refractivity contribution in [1.29, 1.82) is 0 Å². The van der Waals surface area contributed by atoms with Crippen molar-refractivity contribution in [2.24, 2.45) is 0 Å². The first-order valence-corrected chi connectivity index (χ1v) is 9.00. The lowest BCUT2D eigenvalue weighted by molar-refractivity contribution is -0.192. The van der Waals surface area contributed by atoms with Gasteiger partial charge in [-0.05, 0) is 31.3 Å². The van der Waals surface area contributed by atoms with Crippen molar-refractivity contribution >= 4 is 17.6 Å². The average Bonchev–Trinajstić information content (AvgIpc) is 2.68. The van der Waals surface area contributed by atoms with E-state index < -0.39 is 12.1 Å². The van der Waals surface area contributed by atoms with Crippen molar-refractivity contribution in [3.63, 3.8) is 0 Å². The molecule has 2 saturated heterocycles. The minimum absolute atomic E-state index is 0.144. The zero-order valence-electron chi connectivity index (χ0n) is 15.9. The molecule has 0 spiro atoms. The number of alkyl halides is 3. The number of anilines is 1. The van der Waals surface area contributed by atoms with E-state index in [2.05, 4.69) is 9.80 Å². The van der Waals surface area contributed by atoms with Crippen LogP contribution in [-0.4, -0.2) is 97.1 Å². The number of likely N-dealkylation sites (N-methyl/N-ethyl adjacent to an activating group) is 1. The molecule has 0 aromatic heterocycles. The van der Waals surface area contributed by atoms with Crippen LogP contribution in [0.25, 0.3) is 0 Å². The van der Waals surface area contributed by atoms with Crippen molar-refractivity contribution in [1.82, 2.24) is 9.80 Å². The van der Waals surface area contributed by atoms with Crippen molar-refractivity contribution in [3.05, 3.63) is 24.3 Å². The Bertz CT molecular complexity index is 691. The number of ether oxygens (including phenoxy) is 1. The molecule has 1 unspecified atom stereocenters. The van der Waals surface area contributed by atoms with Crippen LogP contribution in [0.4, 0.5) is 18.9 Å². The summed E-state index contributed by atoms with van der Waals surface area (Å²) in [7, 11) is 1.98. The highest BCUT2D eigenvalue weighted by molar-refractivity contribution is 5.82. The van der Waals surface area contributed by atoms with E-state index in [0.29, 0.717) is 13.2 Å². The number of benzene rings is 1. The lowest BCUT2D eigenvalue weighted by Gasteiger charge is -2.40. The van der Waals surface area contributed by atoms with Crippen LogP contribution in [0.2, 0.25) is 0 Å². The molecule has 1 aromatic carbocycles. The lowest BCUT2D eigenvalue weighted by atomic mass is 10.1. The summed E-state index contributed by atoms with van der Waals surface area (Å²) in [5, 5.41) is 16.5. The molecule has 2 N–H and O–H groups in total. The largest absolute Gasteiger partial charge is 0.508 e. The van der Waals surface area contributed by atoms with E-state index in [1.165, 1.54) is 0 Å². The topological polar surface area (TPSA) is 93.5 Å². The molecule has 2 heterocycles. The Morgan fingerprint density at radius 3 is 2.10 bits per heavy atom. The number of amides is 1. The smallest absolute Gasteiger partial charge is 0.490 e. The van der Waals surface area contributed by atoms with Gasteiger partial charge in [0.05, 0.1) is 13.2 Å². The molecule has 0 aliphatic carbocycles. The average molecular weight is 419 g/mol. The van der Waals surface area contributed by atoms with E-state index in [9.17, 15) is 23.1 Å². The van der Waals surface area contributed by atoms with E-state index in [4.69, 9.17) is 14.6 Å². The second-order valence-electron chi connectivity index (χ2n) is 6.70. The molecule has 11 heteroatoms. The van der Waals surface area contributed by atoms with Gasteiger partial charge in [-0.1, -0.05) is 0 Å². The number of carboxylic acid groups (broad SMARTS) is 1. The van der Waals surface area contributed by atoms with E-state index >= 15 is 0 Å². The third kappa shape index (κ3) is 6.50. The summed E-state index contributed by atoms with van der Waals surface area (Å²) in [5.41, 5.74) is 1.09. The van der Waals surface area contributed by atoms with Crippen LogP contribution in [0.1, 0.15) is 0 Å². The van der Waals surface area contributed by atoms with Crippen LogP contribution in [0.3, 0.4) is 0 Å². The second kappa shape index (κ2) is 9.79. The van der Waals surface area contributed by atoms with Crippen molar-refractivity contribution in [2.75, 3.05) is 57.9 Å². The third-order valence-corrected chi connectivity index (χ3v) is 4.73. The summed E-state index contributed by atoms with van der Waals surface area (Å²) in [6.07, 6.45) is -5.08. The molecular weight excluding hydrogens is 395 g/mol. The number of phenols is 1. The molecule has 29 heavy (non-hydrogen) atoms. The number of halogens is 3. The number of piperazine rings is 1. The Hall–Kier alpha value is -2.53. The van der Waals surface area contributed by atoms with E-state index in [1.807, 2.05) is 24.1 Å². The van der Waals surface area contributed by atoms with Crippen molar-refractivity contribution in [2.45, 2.75) is 12.2 Å². The van der Waals surface area contributed by atoms with E-state index in [-0.39, 0.29) is 17.7 Å². The normalized spacial score (nSPS) is 20.6. The number of nitrogens with zero attached hydrogens (tertiary/aromatic N) is 3. The Balaban J connectivity index is 0.000000370. The van der Waals surface area contributed by atoms with Crippen molar-refractivity contribution in [3.8, 4) is 5.75 Å². The fourth-order valence-corrected chi connectivity index (χ4v) is 3.01. The number of aliphatic carboxylic acids is 1.